The van der Waals surface area contributed by atoms with Gasteiger partial charge in [0.15, 0.2) is 5.65 Å². The number of fused-ring (bicyclic) bond motifs is 2. The summed E-state index contributed by atoms with van der Waals surface area (Å²) in [5.41, 5.74) is 2.08. The van der Waals surface area contributed by atoms with Crippen molar-refractivity contribution in [1.29, 1.82) is 0 Å². The van der Waals surface area contributed by atoms with E-state index in [0.717, 1.165) is 24.5 Å². The summed E-state index contributed by atoms with van der Waals surface area (Å²) < 4.78 is 21.5. The van der Waals surface area contributed by atoms with E-state index in [1.807, 2.05) is 31.2 Å². The Balaban J connectivity index is 1.27. The van der Waals surface area contributed by atoms with Crippen LogP contribution in [0.2, 0.25) is 0 Å². The number of aryl methyl sites for hydroxylation is 1. The van der Waals surface area contributed by atoms with E-state index in [1.165, 1.54) is 32.5 Å². The number of methoxy groups -OCH3 is 1. The molecule has 14 heteroatoms. The van der Waals surface area contributed by atoms with E-state index in [0.29, 0.717) is 68.3 Å². The van der Waals surface area contributed by atoms with Crippen LogP contribution in [0.4, 0.5) is 10.2 Å². The number of imidazole rings is 1. The van der Waals surface area contributed by atoms with Crippen LogP contribution in [0.25, 0.3) is 22.6 Å². The molecule has 0 bridgehead atoms. The van der Waals surface area contributed by atoms with Gasteiger partial charge in [-0.05, 0) is 68.0 Å². The molecule has 260 valence electrons. The van der Waals surface area contributed by atoms with Crippen molar-refractivity contribution in [3.8, 4) is 11.4 Å². The fraction of sp³-hybridized carbons (Fsp3) is 0.361. The molecule has 0 saturated carbocycles. The van der Waals surface area contributed by atoms with Crippen molar-refractivity contribution in [3.05, 3.63) is 104 Å². The first-order valence-electron chi connectivity index (χ1n) is 16.8. The fourth-order valence-electron chi connectivity index (χ4n) is 6.21. The number of pyridine rings is 2. The van der Waals surface area contributed by atoms with E-state index in [-0.39, 0.29) is 35.7 Å². The number of H-pyrrole nitrogens is 1. The molecule has 1 aliphatic rings. The van der Waals surface area contributed by atoms with Crippen LogP contribution in [-0.2, 0) is 24.2 Å². The highest BCUT2D eigenvalue weighted by Gasteiger charge is 2.25. The van der Waals surface area contributed by atoms with Crippen molar-refractivity contribution in [1.82, 2.24) is 34.0 Å². The van der Waals surface area contributed by atoms with E-state index < -0.39 is 23.1 Å². The quantitative estimate of drug-likeness (QED) is 0.136. The second kappa shape index (κ2) is 15.4. The van der Waals surface area contributed by atoms with Gasteiger partial charge in [-0.25, -0.2) is 19.7 Å². The Kier molecular flexibility index (Phi) is 10.6. The topological polar surface area (TPSA) is 148 Å². The smallest absolute Gasteiger partial charge is 0.332 e. The number of carbonyl (C=O) groups excluding carboxylic acids is 2. The van der Waals surface area contributed by atoms with Gasteiger partial charge in [-0.15, -0.1) is 0 Å². The standard InChI is InChI=1S/C36H39FN8O5/c1-3-16-45-35(48)30-32(44(36(45)49)18-6-7-21-50-2)41-31(40-30)25-12-14-29(39-22-25)43(33(46)26-11-13-28(37)38-23-26)19-8-17-42-20-15-24-9-4-5-10-27(24)34(42)47/h4-5,9-14,22-23H,3,6-8,15-21H2,1-2H3,(H,40,41). The third kappa shape index (κ3) is 7.10. The zero-order valence-corrected chi connectivity index (χ0v) is 28.1. The van der Waals surface area contributed by atoms with Crippen molar-refractivity contribution in [2.45, 2.75) is 52.1 Å². The molecule has 1 aromatic carbocycles. The number of nitrogens with zero attached hydrogens (tertiary/aromatic N) is 7. The average molecular weight is 683 g/mol. The Labute approximate surface area is 287 Å². The Morgan fingerprint density at radius 3 is 2.54 bits per heavy atom. The summed E-state index contributed by atoms with van der Waals surface area (Å²) in [7, 11) is 1.62. The molecule has 13 nitrogen and oxygen atoms in total. The van der Waals surface area contributed by atoms with Gasteiger partial charge < -0.3 is 14.6 Å². The summed E-state index contributed by atoms with van der Waals surface area (Å²) in [6.07, 6.45) is 5.96. The molecule has 6 rings (SSSR count). The molecule has 0 spiro atoms. The van der Waals surface area contributed by atoms with Crippen LogP contribution in [0.3, 0.4) is 0 Å². The molecule has 0 saturated heterocycles. The van der Waals surface area contributed by atoms with Crippen LogP contribution in [0, 0.1) is 5.95 Å². The monoisotopic (exact) mass is 682 g/mol. The lowest BCUT2D eigenvalue weighted by Gasteiger charge is -2.29. The second-order valence-electron chi connectivity index (χ2n) is 12.2. The largest absolute Gasteiger partial charge is 0.385 e. The Bertz CT molecular complexity index is 2110. The summed E-state index contributed by atoms with van der Waals surface area (Å²) in [6.45, 7) is 4.35. The number of aromatic amines is 1. The lowest BCUT2D eigenvalue weighted by Crippen LogP contribution is -2.40. The van der Waals surface area contributed by atoms with Crippen LogP contribution in [0.5, 0.6) is 0 Å². The summed E-state index contributed by atoms with van der Waals surface area (Å²) in [5.74, 6) is -0.490. The fourth-order valence-corrected chi connectivity index (χ4v) is 6.21. The summed E-state index contributed by atoms with van der Waals surface area (Å²) in [4.78, 5) is 72.7. The minimum absolute atomic E-state index is 0.0392. The third-order valence-electron chi connectivity index (χ3n) is 8.80. The molecular formula is C36H39FN8O5. The first kappa shape index (κ1) is 34.4. The number of ether oxygens (including phenoxy) is 1. The zero-order valence-electron chi connectivity index (χ0n) is 28.1. The number of unbranched alkanes of at least 4 members (excludes halogenated alkanes) is 1. The van der Waals surface area contributed by atoms with Crippen LogP contribution in [0.1, 0.15) is 58.9 Å². The van der Waals surface area contributed by atoms with Crippen molar-refractivity contribution in [3.63, 3.8) is 0 Å². The maximum atomic E-state index is 13.7. The molecular weight excluding hydrogens is 643 g/mol. The zero-order chi connectivity index (χ0) is 35.2. The highest BCUT2D eigenvalue weighted by Crippen LogP contribution is 2.23. The summed E-state index contributed by atoms with van der Waals surface area (Å²) in [6, 6.07) is 13.4. The summed E-state index contributed by atoms with van der Waals surface area (Å²) in [5, 5.41) is 0. The van der Waals surface area contributed by atoms with Gasteiger partial charge >= 0.3 is 5.69 Å². The van der Waals surface area contributed by atoms with E-state index in [1.54, 1.807) is 24.1 Å². The highest BCUT2D eigenvalue weighted by molar-refractivity contribution is 6.05. The molecule has 5 heterocycles. The van der Waals surface area contributed by atoms with Gasteiger partial charge in [-0.1, -0.05) is 25.1 Å². The van der Waals surface area contributed by atoms with Gasteiger partial charge in [0, 0.05) is 70.0 Å². The van der Waals surface area contributed by atoms with Crippen LogP contribution in [0.15, 0.2) is 70.5 Å². The number of amides is 2. The number of carbonyl (C=O) groups is 2. The maximum absolute atomic E-state index is 13.7. The molecule has 0 radical (unpaired) electrons. The van der Waals surface area contributed by atoms with Crippen LogP contribution in [-0.4, -0.2) is 79.1 Å². The first-order valence-corrected chi connectivity index (χ1v) is 16.8. The molecule has 50 heavy (non-hydrogen) atoms. The predicted octanol–water partition coefficient (Wildman–Crippen LogP) is 4.05. The minimum atomic E-state index is -0.702. The second-order valence-corrected chi connectivity index (χ2v) is 12.2. The van der Waals surface area contributed by atoms with Crippen molar-refractivity contribution in [2.75, 3.05) is 38.3 Å². The molecule has 2 amide bonds. The van der Waals surface area contributed by atoms with Gasteiger partial charge in [-0.2, -0.15) is 4.39 Å². The Hall–Kier alpha value is -5.50. The molecule has 5 aromatic rings. The average Bonchev–Trinajstić information content (AvgIpc) is 3.58. The van der Waals surface area contributed by atoms with E-state index >= 15 is 0 Å². The number of hydrogen-bond donors (Lipinski definition) is 1. The normalized spacial score (nSPS) is 12.8. The molecule has 0 atom stereocenters. The van der Waals surface area contributed by atoms with Crippen LogP contribution < -0.4 is 16.1 Å². The van der Waals surface area contributed by atoms with Gasteiger partial charge in [0.25, 0.3) is 17.4 Å². The molecule has 1 aliphatic heterocycles. The van der Waals surface area contributed by atoms with Crippen LogP contribution >= 0.6 is 0 Å². The van der Waals surface area contributed by atoms with E-state index in [4.69, 9.17) is 4.74 Å². The first-order chi connectivity index (χ1) is 24.3. The number of nitrogens with one attached hydrogen (secondary N) is 1. The highest BCUT2D eigenvalue weighted by atomic mass is 19.1. The number of anilines is 1. The van der Waals surface area contributed by atoms with Gasteiger partial charge in [0.2, 0.25) is 5.95 Å². The molecule has 1 N–H and O–H groups in total. The van der Waals surface area contributed by atoms with Gasteiger partial charge in [0.05, 0.1) is 5.56 Å². The van der Waals surface area contributed by atoms with E-state index in [9.17, 15) is 23.6 Å². The van der Waals surface area contributed by atoms with E-state index in [2.05, 4.69) is 19.9 Å². The van der Waals surface area contributed by atoms with Crippen molar-refractivity contribution >= 4 is 28.8 Å². The number of aromatic nitrogens is 6. The molecule has 0 unspecified atom stereocenters. The minimum Gasteiger partial charge on any atom is -0.385 e. The van der Waals surface area contributed by atoms with Gasteiger partial charge in [0.1, 0.15) is 17.2 Å². The number of halogens is 1. The number of rotatable bonds is 14. The molecule has 0 aliphatic carbocycles. The Morgan fingerprint density at radius 2 is 1.80 bits per heavy atom. The van der Waals surface area contributed by atoms with Crippen molar-refractivity contribution < 1.29 is 18.7 Å². The lowest BCUT2D eigenvalue weighted by atomic mass is 9.99. The maximum Gasteiger partial charge on any atom is 0.332 e. The third-order valence-corrected chi connectivity index (χ3v) is 8.80. The molecule has 0 fully saturated rings. The van der Waals surface area contributed by atoms with Gasteiger partial charge in [-0.3, -0.25) is 28.4 Å². The van der Waals surface area contributed by atoms with Crippen molar-refractivity contribution in [2.24, 2.45) is 0 Å². The predicted molar refractivity (Wildman–Crippen MR) is 186 cm³/mol. The number of benzene rings is 1. The summed E-state index contributed by atoms with van der Waals surface area (Å²) >= 11 is 0. The number of hydrogen-bond acceptors (Lipinski definition) is 8. The Morgan fingerprint density at radius 1 is 0.960 bits per heavy atom. The lowest BCUT2D eigenvalue weighted by molar-refractivity contribution is 0.0738. The SMILES string of the molecule is CCCn1c(=O)c2[nH]c(-c3ccc(N(CCCN4CCc5ccccc5C4=O)C(=O)c4ccc(F)nc4)nc3)nc2n(CCCCOC)c1=O. The molecule has 4 aromatic heterocycles.